The predicted molar refractivity (Wildman–Crippen MR) is 44.6 cm³/mol. The fourth-order valence-corrected chi connectivity index (χ4v) is 1.49. The first-order chi connectivity index (χ1) is 5.83. The SMILES string of the molecule is CCOC1(C#N)CCCOCC1. The van der Waals surface area contributed by atoms with Crippen LogP contribution in [0.1, 0.15) is 26.2 Å². The van der Waals surface area contributed by atoms with Gasteiger partial charge >= 0.3 is 0 Å². The van der Waals surface area contributed by atoms with E-state index in [4.69, 9.17) is 14.7 Å². The Kier molecular flexibility index (Phi) is 3.51. The zero-order valence-corrected chi connectivity index (χ0v) is 7.51. The van der Waals surface area contributed by atoms with E-state index >= 15 is 0 Å². The van der Waals surface area contributed by atoms with Crippen molar-refractivity contribution in [1.29, 1.82) is 5.26 Å². The van der Waals surface area contributed by atoms with E-state index in [1.165, 1.54) is 0 Å². The van der Waals surface area contributed by atoms with Crippen molar-refractivity contribution in [2.24, 2.45) is 0 Å². The van der Waals surface area contributed by atoms with Gasteiger partial charge in [0.25, 0.3) is 0 Å². The summed E-state index contributed by atoms with van der Waals surface area (Å²) in [7, 11) is 0. The Hall–Kier alpha value is -0.590. The summed E-state index contributed by atoms with van der Waals surface area (Å²) in [5, 5.41) is 8.97. The zero-order valence-electron chi connectivity index (χ0n) is 7.51. The molecule has 1 unspecified atom stereocenters. The van der Waals surface area contributed by atoms with Crippen molar-refractivity contribution >= 4 is 0 Å². The lowest BCUT2D eigenvalue weighted by atomic mass is 9.96. The molecule has 0 aromatic carbocycles. The lowest BCUT2D eigenvalue weighted by Crippen LogP contribution is -2.31. The number of hydrogen-bond acceptors (Lipinski definition) is 3. The molecule has 0 amide bonds. The topological polar surface area (TPSA) is 42.2 Å². The molecule has 1 heterocycles. The van der Waals surface area contributed by atoms with Crippen molar-refractivity contribution in [3.05, 3.63) is 0 Å². The third kappa shape index (κ3) is 2.20. The molecule has 3 heteroatoms. The van der Waals surface area contributed by atoms with Crippen LogP contribution in [-0.4, -0.2) is 25.4 Å². The lowest BCUT2D eigenvalue weighted by molar-refractivity contribution is -0.00912. The number of nitriles is 1. The van der Waals surface area contributed by atoms with Crippen LogP contribution in [-0.2, 0) is 9.47 Å². The van der Waals surface area contributed by atoms with Gasteiger partial charge in [0.05, 0.1) is 12.7 Å². The summed E-state index contributed by atoms with van der Waals surface area (Å²) in [6.07, 6.45) is 2.43. The van der Waals surface area contributed by atoms with Crippen LogP contribution in [0.15, 0.2) is 0 Å². The third-order valence-corrected chi connectivity index (χ3v) is 2.14. The van der Waals surface area contributed by atoms with Crippen molar-refractivity contribution in [2.75, 3.05) is 19.8 Å². The van der Waals surface area contributed by atoms with Crippen LogP contribution in [0.25, 0.3) is 0 Å². The standard InChI is InChI=1S/C9H15NO2/c1-2-12-9(8-10)4-3-6-11-7-5-9/h2-7H2,1H3. The maximum atomic E-state index is 8.97. The second-order valence-electron chi connectivity index (χ2n) is 3.01. The fraction of sp³-hybridized carbons (Fsp3) is 0.889. The quantitative estimate of drug-likeness (QED) is 0.629. The second-order valence-corrected chi connectivity index (χ2v) is 3.01. The van der Waals surface area contributed by atoms with Gasteiger partial charge in [0.2, 0.25) is 0 Å². The van der Waals surface area contributed by atoms with E-state index in [0.717, 1.165) is 19.4 Å². The maximum Gasteiger partial charge on any atom is 0.156 e. The summed E-state index contributed by atoms with van der Waals surface area (Å²) in [6.45, 7) is 3.93. The van der Waals surface area contributed by atoms with Crippen molar-refractivity contribution in [3.63, 3.8) is 0 Å². The van der Waals surface area contributed by atoms with E-state index in [1.54, 1.807) is 0 Å². The molecule has 3 nitrogen and oxygen atoms in total. The molecular weight excluding hydrogens is 154 g/mol. The van der Waals surface area contributed by atoms with Crippen LogP contribution in [0, 0.1) is 11.3 Å². The normalized spacial score (nSPS) is 30.7. The van der Waals surface area contributed by atoms with Gasteiger partial charge < -0.3 is 9.47 Å². The van der Waals surface area contributed by atoms with Crippen LogP contribution in [0.3, 0.4) is 0 Å². The van der Waals surface area contributed by atoms with Crippen LogP contribution < -0.4 is 0 Å². The Balaban J connectivity index is 2.56. The van der Waals surface area contributed by atoms with E-state index in [9.17, 15) is 0 Å². The Morgan fingerprint density at radius 1 is 1.50 bits per heavy atom. The Bertz CT molecular complexity index is 166. The smallest absolute Gasteiger partial charge is 0.156 e. The third-order valence-electron chi connectivity index (χ3n) is 2.14. The van der Waals surface area contributed by atoms with Crippen LogP contribution >= 0.6 is 0 Å². The Labute approximate surface area is 73.3 Å². The minimum Gasteiger partial charge on any atom is -0.381 e. The monoisotopic (exact) mass is 169 g/mol. The number of ether oxygens (including phenoxy) is 2. The van der Waals surface area contributed by atoms with Gasteiger partial charge in [-0.1, -0.05) is 0 Å². The summed E-state index contributed by atoms with van der Waals surface area (Å²) >= 11 is 0. The van der Waals surface area contributed by atoms with Gasteiger partial charge in [0, 0.05) is 19.6 Å². The lowest BCUT2D eigenvalue weighted by Gasteiger charge is -2.23. The second kappa shape index (κ2) is 4.44. The molecule has 0 aliphatic carbocycles. The number of nitrogens with zero attached hydrogens (tertiary/aromatic N) is 1. The number of rotatable bonds is 2. The first kappa shape index (κ1) is 9.50. The van der Waals surface area contributed by atoms with Crippen LogP contribution in [0.4, 0.5) is 0 Å². The summed E-state index contributed by atoms with van der Waals surface area (Å²) in [4.78, 5) is 0. The highest BCUT2D eigenvalue weighted by molar-refractivity contribution is 5.02. The van der Waals surface area contributed by atoms with E-state index in [0.29, 0.717) is 19.6 Å². The average Bonchev–Trinajstić information content (AvgIpc) is 2.32. The highest BCUT2D eigenvalue weighted by Gasteiger charge is 2.31. The van der Waals surface area contributed by atoms with Gasteiger partial charge in [0.15, 0.2) is 5.60 Å². The molecule has 0 bridgehead atoms. The average molecular weight is 169 g/mol. The van der Waals surface area contributed by atoms with Gasteiger partial charge in [-0.25, -0.2) is 0 Å². The van der Waals surface area contributed by atoms with E-state index < -0.39 is 5.60 Å². The first-order valence-electron chi connectivity index (χ1n) is 4.46. The molecule has 1 saturated heterocycles. The molecule has 68 valence electrons. The summed E-state index contributed by atoms with van der Waals surface area (Å²) in [5.41, 5.74) is -0.564. The van der Waals surface area contributed by atoms with Crippen LogP contribution in [0.5, 0.6) is 0 Å². The predicted octanol–water partition coefficient (Wildman–Crippen LogP) is 1.49. The molecule has 0 aromatic heterocycles. The molecule has 0 saturated carbocycles. The molecule has 1 aliphatic heterocycles. The minimum absolute atomic E-state index is 0.564. The fourth-order valence-electron chi connectivity index (χ4n) is 1.49. The molecule has 12 heavy (non-hydrogen) atoms. The highest BCUT2D eigenvalue weighted by atomic mass is 16.5. The van der Waals surface area contributed by atoms with E-state index in [2.05, 4.69) is 6.07 Å². The van der Waals surface area contributed by atoms with Crippen molar-refractivity contribution in [3.8, 4) is 6.07 Å². The largest absolute Gasteiger partial charge is 0.381 e. The molecule has 0 aromatic rings. The van der Waals surface area contributed by atoms with Crippen LogP contribution in [0.2, 0.25) is 0 Å². The molecule has 1 fully saturated rings. The first-order valence-corrected chi connectivity index (χ1v) is 4.46. The zero-order chi connectivity index (χ0) is 8.86. The Morgan fingerprint density at radius 2 is 2.33 bits per heavy atom. The highest BCUT2D eigenvalue weighted by Crippen LogP contribution is 2.24. The summed E-state index contributed by atoms with van der Waals surface area (Å²) in [5.74, 6) is 0. The van der Waals surface area contributed by atoms with Crippen molar-refractivity contribution < 1.29 is 9.47 Å². The molecule has 0 spiro atoms. The molecule has 1 aliphatic rings. The van der Waals surface area contributed by atoms with Crippen molar-refractivity contribution in [1.82, 2.24) is 0 Å². The molecule has 0 N–H and O–H groups in total. The molecule has 0 radical (unpaired) electrons. The maximum absolute atomic E-state index is 8.97. The van der Waals surface area contributed by atoms with Gasteiger partial charge in [0.1, 0.15) is 0 Å². The molecular formula is C9H15NO2. The number of hydrogen-bond donors (Lipinski definition) is 0. The summed E-state index contributed by atoms with van der Waals surface area (Å²) in [6, 6.07) is 2.26. The molecule has 1 atom stereocenters. The van der Waals surface area contributed by atoms with E-state index in [1.807, 2.05) is 6.92 Å². The Morgan fingerprint density at radius 3 is 3.00 bits per heavy atom. The van der Waals surface area contributed by atoms with Crippen molar-refractivity contribution in [2.45, 2.75) is 31.8 Å². The van der Waals surface area contributed by atoms with Gasteiger partial charge in [-0.2, -0.15) is 5.26 Å². The summed E-state index contributed by atoms with van der Waals surface area (Å²) < 4.78 is 10.7. The minimum atomic E-state index is -0.564. The van der Waals surface area contributed by atoms with Gasteiger partial charge in [-0.3, -0.25) is 0 Å². The molecule has 1 rings (SSSR count). The van der Waals surface area contributed by atoms with E-state index in [-0.39, 0.29) is 0 Å². The van der Waals surface area contributed by atoms with Gasteiger partial charge in [-0.15, -0.1) is 0 Å². The van der Waals surface area contributed by atoms with Gasteiger partial charge in [-0.05, 0) is 19.8 Å².